The number of alkyl halides is 3. The zero-order valence-electron chi connectivity index (χ0n) is 11.6. The number of nitrogens with zero attached hydrogens (tertiary/aromatic N) is 2. The zero-order chi connectivity index (χ0) is 16.3. The van der Waals surface area contributed by atoms with Crippen LogP contribution in [-0.2, 0) is 4.79 Å². The second-order valence-electron chi connectivity index (χ2n) is 4.94. The Balaban J connectivity index is 2.26. The molecule has 22 heavy (non-hydrogen) atoms. The van der Waals surface area contributed by atoms with Crippen LogP contribution in [-0.4, -0.2) is 36.4 Å². The summed E-state index contributed by atoms with van der Waals surface area (Å²) in [6.45, 7) is -0.107. The first-order valence-electron chi connectivity index (χ1n) is 6.76. The van der Waals surface area contributed by atoms with Crippen molar-refractivity contribution < 1.29 is 27.9 Å². The maximum Gasteiger partial charge on any atom is 0.411 e. The molecule has 0 atom stereocenters. The van der Waals surface area contributed by atoms with Gasteiger partial charge in [0, 0.05) is 25.9 Å². The Morgan fingerprint density at radius 3 is 2.45 bits per heavy atom. The van der Waals surface area contributed by atoms with Crippen molar-refractivity contribution in [1.82, 2.24) is 0 Å². The Hall–Kier alpha value is -2.25. The maximum atomic E-state index is 12.3. The topological polar surface area (TPSA) is 60.9 Å². The standard InChI is InChI=1S/C14H15F3N2O3/c15-14(16,17)7-3-8-18-10-4-1-2-5-11(10)19(13(21)22)9-6-12(18)20/h1-2,4-5H,3,6-9H2,(H,21,22). The van der Waals surface area contributed by atoms with Crippen molar-refractivity contribution in [3.05, 3.63) is 24.3 Å². The predicted octanol–water partition coefficient (Wildman–Crippen LogP) is 3.25. The van der Waals surface area contributed by atoms with Crippen LogP contribution < -0.4 is 9.80 Å². The molecule has 1 aromatic carbocycles. The minimum atomic E-state index is -4.28. The lowest BCUT2D eigenvalue weighted by Crippen LogP contribution is -2.32. The van der Waals surface area contributed by atoms with E-state index in [4.69, 9.17) is 0 Å². The number of carbonyl (C=O) groups excluding carboxylic acids is 1. The van der Waals surface area contributed by atoms with E-state index in [0.29, 0.717) is 11.4 Å². The lowest BCUT2D eigenvalue weighted by atomic mass is 10.2. The highest BCUT2D eigenvalue weighted by Gasteiger charge is 2.31. The molecule has 0 saturated carbocycles. The van der Waals surface area contributed by atoms with Gasteiger partial charge in [0.1, 0.15) is 0 Å². The Labute approximate surface area is 124 Å². The Morgan fingerprint density at radius 2 is 1.86 bits per heavy atom. The summed E-state index contributed by atoms with van der Waals surface area (Å²) in [6, 6.07) is 6.33. The van der Waals surface area contributed by atoms with Gasteiger partial charge in [0.2, 0.25) is 5.91 Å². The Kier molecular flexibility index (Phi) is 4.58. The predicted molar refractivity (Wildman–Crippen MR) is 74.1 cm³/mol. The molecule has 5 nitrogen and oxygen atoms in total. The van der Waals surface area contributed by atoms with Crippen LogP contribution in [0.3, 0.4) is 0 Å². The van der Waals surface area contributed by atoms with Crippen LogP contribution in [0, 0.1) is 0 Å². The van der Waals surface area contributed by atoms with E-state index in [9.17, 15) is 27.9 Å². The summed E-state index contributed by atoms with van der Waals surface area (Å²) in [5, 5.41) is 9.21. The van der Waals surface area contributed by atoms with Crippen molar-refractivity contribution in [2.75, 3.05) is 22.9 Å². The summed E-state index contributed by atoms with van der Waals surface area (Å²) in [7, 11) is 0. The van der Waals surface area contributed by atoms with Crippen LogP contribution in [0.4, 0.5) is 29.3 Å². The SMILES string of the molecule is O=C(O)N1CCC(=O)N(CCCC(F)(F)F)c2ccccc21. The maximum absolute atomic E-state index is 12.3. The van der Waals surface area contributed by atoms with Gasteiger partial charge in [0.25, 0.3) is 0 Å². The zero-order valence-corrected chi connectivity index (χ0v) is 11.6. The van der Waals surface area contributed by atoms with Crippen LogP contribution in [0.25, 0.3) is 0 Å². The average molecular weight is 316 g/mol. The summed E-state index contributed by atoms with van der Waals surface area (Å²) in [4.78, 5) is 25.7. The van der Waals surface area contributed by atoms with Gasteiger partial charge in [0.05, 0.1) is 11.4 Å². The molecule has 120 valence electrons. The molecule has 1 aliphatic heterocycles. The molecule has 1 N–H and O–H groups in total. The quantitative estimate of drug-likeness (QED) is 0.931. The molecule has 1 aromatic rings. The first-order valence-corrected chi connectivity index (χ1v) is 6.76. The number of para-hydroxylation sites is 2. The summed E-state index contributed by atoms with van der Waals surface area (Å²) >= 11 is 0. The normalized spacial score (nSPS) is 15.5. The Morgan fingerprint density at radius 1 is 1.23 bits per heavy atom. The molecule has 0 fully saturated rings. The van der Waals surface area contributed by atoms with E-state index < -0.39 is 18.7 Å². The number of halogens is 3. The van der Waals surface area contributed by atoms with Gasteiger partial charge >= 0.3 is 12.3 Å². The highest BCUT2D eigenvalue weighted by molar-refractivity contribution is 6.02. The van der Waals surface area contributed by atoms with Crippen LogP contribution in [0.2, 0.25) is 0 Å². The molecule has 0 aliphatic carbocycles. The van der Waals surface area contributed by atoms with Crippen molar-refractivity contribution in [1.29, 1.82) is 0 Å². The van der Waals surface area contributed by atoms with Crippen molar-refractivity contribution in [2.45, 2.75) is 25.4 Å². The monoisotopic (exact) mass is 316 g/mol. The molecule has 0 saturated heterocycles. The molecular formula is C14H15F3N2O3. The van der Waals surface area contributed by atoms with E-state index >= 15 is 0 Å². The number of rotatable bonds is 3. The van der Waals surface area contributed by atoms with Crippen LogP contribution in [0.5, 0.6) is 0 Å². The lowest BCUT2D eigenvalue weighted by Gasteiger charge is -2.24. The van der Waals surface area contributed by atoms with E-state index in [0.717, 1.165) is 4.90 Å². The second kappa shape index (κ2) is 6.25. The number of carboxylic acid groups (broad SMARTS) is 1. The van der Waals surface area contributed by atoms with Crippen LogP contribution in [0.15, 0.2) is 24.3 Å². The van der Waals surface area contributed by atoms with Crippen LogP contribution in [0.1, 0.15) is 19.3 Å². The molecular weight excluding hydrogens is 301 g/mol. The van der Waals surface area contributed by atoms with Gasteiger partial charge in [-0.3, -0.25) is 9.69 Å². The number of fused-ring (bicyclic) bond motifs is 1. The average Bonchev–Trinajstić information content (AvgIpc) is 2.56. The van der Waals surface area contributed by atoms with Gasteiger partial charge in [-0.2, -0.15) is 13.2 Å². The minimum absolute atomic E-state index is 0.0129. The van der Waals surface area contributed by atoms with E-state index in [1.54, 1.807) is 24.3 Å². The molecule has 0 spiro atoms. The molecule has 0 bridgehead atoms. The lowest BCUT2D eigenvalue weighted by molar-refractivity contribution is -0.135. The smallest absolute Gasteiger partial charge is 0.411 e. The van der Waals surface area contributed by atoms with Gasteiger partial charge in [-0.15, -0.1) is 0 Å². The molecule has 2 amide bonds. The number of benzene rings is 1. The summed E-state index contributed by atoms with van der Waals surface area (Å²) < 4.78 is 36.8. The number of hydrogen-bond donors (Lipinski definition) is 1. The number of carbonyl (C=O) groups is 2. The Bertz CT molecular complexity index is 575. The van der Waals surface area contributed by atoms with Gasteiger partial charge < -0.3 is 10.0 Å². The van der Waals surface area contributed by atoms with E-state index in [1.807, 2.05) is 0 Å². The first-order chi connectivity index (χ1) is 10.3. The van der Waals surface area contributed by atoms with E-state index in [-0.39, 0.29) is 31.8 Å². The number of amides is 2. The molecule has 2 rings (SSSR count). The fourth-order valence-electron chi connectivity index (χ4n) is 2.40. The summed E-state index contributed by atoms with van der Waals surface area (Å²) in [5.41, 5.74) is 0.641. The minimum Gasteiger partial charge on any atom is -0.465 e. The highest BCUT2D eigenvalue weighted by atomic mass is 19.4. The third-order valence-electron chi connectivity index (χ3n) is 3.39. The van der Waals surface area contributed by atoms with Crippen molar-refractivity contribution >= 4 is 23.4 Å². The molecule has 8 heteroatoms. The molecule has 1 heterocycles. The summed E-state index contributed by atoms with van der Waals surface area (Å²) in [5.74, 6) is -0.377. The molecule has 0 radical (unpaired) electrons. The van der Waals surface area contributed by atoms with Gasteiger partial charge in [-0.05, 0) is 18.6 Å². The second-order valence-corrected chi connectivity index (χ2v) is 4.94. The van der Waals surface area contributed by atoms with E-state index in [1.165, 1.54) is 4.90 Å². The fourth-order valence-corrected chi connectivity index (χ4v) is 2.40. The third kappa shape index (κ3) is 3.69. The number of anilines is 2. The van der Waals surface area contributed by atoms with Crippen molar-refractivity contribution in [3.8, 4) is 0 Å². The van der Waals surface area contributed by atoms with Crippen molar-refractivity contribution in [2.24, 2.45) is 0 Å². The van der Waals surface area contributed by atoms with Crippen molar-refractivity contribution in [3.63, 3.8) is 0 Å². The largest absolute Gasteiger partial charge is 0.465 e. The number of hydrogen-bond acceptors (Lipinski definition) is 2. The summed E-state index contributed by atoms with van der Waals surface area (Å²) in [6.07, 6.45) is -6.75. The molecule has 0 aromatic heterocycles. The fraction of sp³-hybridized carbons (Fsp3) is 0.429. The molecule has 0 unspecified atom stereocenters. The van der Waals surface area contributed by atoms with Gasteiger partial charge in [0.15, 0.2) is 0 Å². The first kappa shape index (κ1) is 16.1. The van der Waals surface area contributed by atoms with E-state index in [2.05, 4.69) is 0 Å². The van der Waals surface area contributed by atoms with Crippen LogP contribution >= 0.6 is 0 Å². The van der Waals surface area contributed by atoms with Gasteiger partial charge in [-0.1, -0.05) is 12.1 Å². The van der Waals surface area contributed by atoms with Gasteiger partial charge in [-0.25, -0.2) is 4.79 Å². The highest BCUT2D eigenvalue weighted by Crippen LogP contribution is 2.33. The third-order valence-corrected chi connectivity index (χ3v) is 3.39. The molecule has 1 aliphatic rings.